The zero-order valence-corrected chi connectivity index (χ0v) is 10.9. The second kappa shape index (κ2) is 4.33. The molecule has 1 saturated heterocycles. The molecule has 0 atom stereocenters. The first kappa shape index (κ1) is 11.3. The van der Waals surface area contributed by atoms with Gasteiger partial charge in [0.15, 0.2) is 0 Å². The second-order valence-electron chi connectivity index (χ2n) is 3.20. The molecule has 0 aliphatic carbocycles. The summed E-state index contributed by atoms with van der Waals surface area (Å²) in [6.07, 6.45) is 1.63. The van der Waals surface area contributed by atoms with Crippen molar-refractivity contribution in [2.75, 3.05) is 7.05 Å². The molecular weight excluding hydrogens is 291 g/mol. The van der Waals surface area contributed by atoms with Crippen LogP contribution in [0.4, 0.5) is 0 Å². The molecule has 1 fully saturated rings. The Kier molecular flexibility index (Phi) is 3.05. The van der Waals surface area contributed by atoms with Crippen molar-refractivity contribution in [3.8, 4) is 0 Å². The molecule has 1 aliphatic heterocycles. The van der Waals surface area contributed by atoms with Crippen LogP contribution < -0.4 is 5.32 Å². The maximum atomic E-state index is 11.8. The van der Waals surface area contributed by atoms with Gasteiger partial charge in [-0.1, -0.05) is 0 Å². The molecule has 82 valence electrons. The van der Waals surface area contributed by atoms with Gasteiger partial charge in [0.25, 0.3) is 0 Å². The summed E-state index contributed by atoms with van der Waals surface area (Å²) in [6.45, 7) is 0. The molecule has 0 aromatic carbocycles. The average Bonchev–Trinajstić information content (AvgIpc) is 2.74. The molecule has 1 aromatic heterocycles. The summed E-state index contributed by atoms with van der Waals surface area (Å²) in [5.74, 6) is -0.769. The number of rotatable bonds is 1. The van der Waals surface area contributed by atoms with Crippen molar-refractivity contribution in [2.24, 2.45) is 0 Å². The summed E-state index contributed by atoms with van der Waals surface area (Å²) in [7, 11) is 1.55. The summed E-state index contributed by atoms with van der Waals surface area (Å²) < 4.78 is 1.01. The van der Waals surface area contributed by atoms with Crippen LogP contribution in [0.2, 0.25) is 0 Å². The molecule has 0 unspecified atom stereocenters. The minimum absolute atomic E-state index is 0.146. The van der Waals surface area contributed by atoms with Crippen LogP contribution in [0.25, 0.3) is 6.08 Å². The monoisotopic (exact) mass is 300 g/mol. The molecule has 0 radical (unpaired) electrons. The molecule has 0 bridgehead atoms. The predicted molar refractivity (Wildman–Crippen MR) is 64.9 cm³/mol. The third-order valence-electron chi connectivity index (χ3n) is 2.13. The Morgan fingerprint density at radius 1 is 1.50 bits per heavy atom. The third kappa shape index (κ3) is 2.00. The van der Waals surface area contributed by atoms with Crippen molar-refractivity contribution in [1.29, 1.82) is 0 Å². The molecule has 1 aromatic rings. The Bertz CT molecular complexity index is 493. The van der Waals surface area contributed by atoms with Gasteiger partial charge in [-0.25, -0.2) is 0 Å². The number of thiocarbonyl (C=S) groups is 1. The topological polar surface area (TPSA) is 49.4 Å². The molecule has 0 spiro atoms. The second-order valence-corrected chi connectivity index (χ2v) is 5.64. The fourth-order valence-electron chi connectivity index (χ4n) is 1.26. The first-order valence-electron chi connectivity index (χ1n) is 4.48. The standard InChI is InChI=1S/C10H8N2O2SSe/c1-12-9(14)7(8(13)11-10(12)15)5-6-3-2-4-16-6/h2-5H,1H3,(H,11,13,15)/b7-5-. The van der Waals surface area contributed by atoms with Gasteiger partial charge in [-0.15, -0.1) is 0 Å². The number of carbonyl (C=O) groups is 2. The van der Waals surface area contributed by atoms with E-state index in [1.165, 1.54) is 4.90 Å². The molecule has 0 saturated carbocycles. The van der Waals surface area contributed by atoms with E-state index >= 15 is 0 Å². The van der Waals surface area contributed by atoms with E-state index in [-0.39, 0.29) is 31.1 Å². The van der Waals surface area contributed by atoms with Crippen LogP contribution in [0.15, 0.2) is 22.6 Å². The summed E-state index contributed by atoms with van der Waals surface area (Å²) in [5, 5.41) is 2.62. The van der Waals surface area contributed by atoms with Gasteiger partial charge >= 0.3 is 104 Å². The van der Waals surface area contributed by atoms with Gasteiger partial charge < -0.3 is 0 Å². The number of hydrogen-bond donors (Lipinski definition) is 1. The number of carbonyl (C=O) groups excluding carboxylic acids is 2. The van der Waals surface area contributed by atoms with E-state index in [4.69, 9.17) is 12.2 Å². The maximum absolute atomic E-state index is 11.8. The third-order valence-corrected chi connectivity index (χ3v) is 4.23. The Morgan fingerprint density at radius 3 is 2.88 bits per heavy atom. The van der Waals surface area contributed by atoms with Gasteiger partial charge in [0.2, 0.25) is 0 Å². The number of amides is 2. The summed E-state index contributed by atoms with van der Waals surface area (Å²) >= 11 is 5.05. The number of likely N-dealkylation sites (N-methyl/N-ethyl adjacent to an activating group) is 1. The molecule has 4 nitrogen and oxygen atoms in total. The van der Waals surface area contributed by atoms with E-state index in [1.807, 2.05) is 17.1 Å². The van der Waals surface area contributed by atoms with E-state index < -0.39 is 5.91 Å². The van der Waals surface area contributed by atoms with Crippen molar-refractivity contribution in [3.05, 3.63) is 27.1 Å². The van der Waals surface area contributed by atoms with Crippen molar-refractivity contribution in [3.63, 3.8) is 0 Å². The summed E-state index contributed by atoms with van der Waals surface area (Å²) in [4.78, 5) is 26.7. The van der Waals surface area contributed by atoms with Gasteiger partial charge in [-0.05, 0) is 0 Å². The van der Waals surface area contributed by atoms with Crippen LogP contribution in [0, 0.1) is 0 Å². The Balaban J connectivity index is 2.37. The van der Waals surface area contributed by atoms with E-state index in [0.717, 1.165) is 4.44 Å². The molecule has 2 amide bonds. The zero-order valence-electron chi connectivity index (χ0n) is 8.39. The molecule has 2 rings (SSSR count). The zero-order chi connectivity index (χ0) is 11.7. The van der Waals surface area contributed by atoms with Crippen LogP contribution >= 0.6 is 12.2 Å². The van der Waals surface area contributed by atoms with E-state index in [2.05, 4.69) is 5.32 Å². The molecule has 1 aliphatic rings. The normalized spacial score (nSPS) is 19.2. The average molecular weight is 299 g/mol. The number of nitrogens with zero attached hydrogens (tertiary/aromatic N) is 1. The van der Waals surface area contributed by atoms with E-state index in [9.17, 15) is 9.59 Å². The first-order valence-corrected chi connectivity index (χ1v) is 6.73. The van der Waals surface area contributed by atoms with Crippen LogP contribution in [-0.4, -0.2) is 43.4 Å². The molecule has 1 N–H and O–H groups in total. The Labute approximate surface area is 104 Å². The van der Waals surface area contributed by atoms with Gasteiger partial charge in [-0.3, -0.25) is 0 Å². The predicted octanol–water partition coefficient (Wildman–Crippen LogP) is 0.000100. The van der Waals surface area contributed by atoms with Gasteiger partial charge in [-0.2, -0.15) is 0 Å². The molecular formula is C10H8N2O2SSe. The van der Waals surface area contributed by atoms with E-state index in [0.29, 0.717) is 0 Å². The van der Waals surface area contributed by atoms with Gasteiger partial charge in [0, 0.05) is 0 Å². The van der Waals surface area contributed by atoms with Crippen molar-refractivity contribution in [2.45, 2.75) is 0 Å². The Morgan fingerprint density at radius 2 is 2.25 bits per heavy atom. The molecule has 16 heavy (non-hydrogen) atoms. The van der Waals surface area contributed by atoms with E-state index in [1.54, 1.807) is 13.1 Å². The quantitative estimate of drug-likeness (QED) is 0.344. The van der Waals surface area contributed by atoms with Crippen molar-refractivity contribution in [1.82, 2.24) is 10.2 Å². The number of hydrogen-bond acceptors (Lipinski definition) is 3. The molecule has 2 heterocycles. The fourth-order valence-corrected chi connectivity index (χ4v) is 2.82. The fraction of sp³-hybridized carbons (Fsp3) is 0.100. The van der Waals surface area contributed by atoms with Crippen molar-refractivity contribution < 1.29 is 9.59 Å². The summed E-state index contributed by atoms with van der Waals surface area (Å²) in [5.41, 5.74) is 0.146. The summed E-state index contributed by atoms with van der Waals surface area (Å²) in [6, 6.07) is 3.83. The van der Waals surface area contributed by atoms with Gasteiger partial charge in [0.1, 0.15) is 0 Å². The minimum atomic E-state index is -0.420. The van der Waals surface area contributed by atoms with Crippen LogP contribution in [-0.2, 0) is 9.59 Å². The van der Waals surface area contributed by atoms with Gasteiger partial charge in [0.05, 0.1) is 0 Å². The first-order chi connectivity index (χ1) is 7.59. The van der Waals surface area contributed by atoms with Crippen LogP contribution in [0.5, 0.6) is 0 Å². The SMILES string of the molecule is CN1C(=O)/C(=C\c2ccc[se]2)C(=O)NC1=S. The number of nitrogens with one attached hydrogen (secondary N) is 1. The van der Waals surface area contributed by atoms with Crippen LogP contribution in [0.3, 0.4) is 0 Å². The van der Waals surface area contributed by atoms with Crippen LogP contribution in [0.1, 0.15) is 4.44 Å². The Hall–Kier alpha value is -1.23. The molecule has 6 heteroatoms. The van der Waals surface area contributed by atoms with Crippen molar-refractivity contribution >= 4 is 49.7 Å².